The van der Waals surface area contributed by atoms with Crippen molar-refractivity contribution in [3.8, 4) is 0 Å². The van der Waals surface area contributed by atoms with E-state index < -0.39 is 17.8 Å². The summed E-state index contributed by atoms with van der Waals surface area (Å²) in [7, 11) is 1.23. The molecule has 1 aliphatic heterocycles. The molecule has 2 rings (SSSR count). The predicted octanol–water partition coefficient (Wildman–Crippen LogP) is 0.516. The van der Waals surface area contributed by atoms with Gasteiger partial charge in [-0.3, -0.25) is 9.59 Å². The first-order chi connectivity index (χ1) is 9.06. The summed E-state index contributed by atoms with van der Waals surface area (Å²) in [5, 5.41) is 0.874. The summed E-state index contributed by atoms with van der Waals surface area (Å²) in [5.74, 6) is -1.49. The monoisotopic (exact) mass is 260 g/mol. The Bertz CT molecular complexity index is 545. The van der Waals surface area contributed by atoms with Gasteiger partial charge < -0.3 is 4.74 Å². The molecule has 0 saturated heterocycles. The standard InChI is InChI=1S/C13H12N2O4/c1-8(13(18)19-2)7-14-15-11(16)9-5-3-4-6-10(9)12(15)17/h3-6,14H,1,7H2,2H3. The molecule has 1 aliphatic rings. The van der Waals surface area contributed by atoms with Crippen LogP contribution < -0.4 is 5.43 Å². The van der Waals surface area contributed by atoms with E-state index in [2.05, 4.69) is 16.7 Å². The van der Waals surface area contributed by atoms with Crippen LogP contribution in [0.15, 0.2) is 36.4 Å². The molecule has 0 aliphatic carbocycles. The molecule has 98 valence electrons. The van der Waals surface area contributed by atoms with E-state index in [1.54, 1.807) is 24.3 Å². The lowest BCUT2D eigenvalue weighted by Gasteiger charge is -2.15. The zero-order valence-electron chi connectivity index (χ0n) is 10.3. The number of imide groups is 1. The van der Waals surface area contributed by atoms with Gasteiger partial charge in [-0.05, 0) is 12.1 Å². The number of fused-ring (bicyclic) bond motifs is 1. The number of carbonyl (C=O) groups excluding carboxylic acids is 3. The Morgan fingerprint density at radius 2 is 1.79 bits per heavy atom. The van der Waals surface area contributed by atoms with Crippen LogP contribution in [0.2, 0.25) is 0 Å². The number of benzene rings is 1. The molecule has 0 spiro atoms. The maximum Gasteiger partial charge on any atom is 0.334 e. The van der Waals surface area contributed by atoms with Crippen molar-refractivity contribution in [2.24, 2.45) is 0 Å². The molecule has 0 saturated carbocycles. The second-order valence-corrected chi connectivity index (χ2v) is 3.92. The van der Waals surface area contributed by atoms with Crippen LogP contribution in [0.4, 0.5) is 0 Å². The molecule has 2 amide bonds. The number of esters is 1. The maximum absolute atomic E-state index is 12.0. The minimum atomic E-state index is -0.593. The SMILES string of the molecule is C=C(CNN1C(=O)c2ccccc2C1=O)C(=O)OC. The highest BCUT2D eigenvalue weighted by molar-refractivity contribution is 6.20. The lowest BCUT2D eigenvalue weighted by Crippen LogP contribution is -2.43. The number of nitrogens with one attached hydrogen (secondary N) is 1. The van der Waals surface area contributed by atoms with Gasteiger partial charge in [-0.25, -0.2) is 15.2 Å². The van der Waals surface area contributed by atoms with Crippen molar-refractivity contribution in [3.63, 3.8) is 0 Å². The number of methoxy groups -OCH3 is 1. The summed E-state index contributed by atoms with van der Waals surface area (Å²) in [6.07, 6.45) is 0. The molecule has 1 aromatic rings. The van der Waals surface area contributed by atoms with Crippen molar-refractivity contribution < 1.29 is 19.1 Å². The van der Waals surface area contributed by atoms with Crippen LogP contribution in [-0.2, 0) is 9.53 Å². The predicted molar refractivity (Wildman–Crippen MR) is 66.1 cm³/mol. The van der Waals surface area contributed by atoms with Gasteiger partial charge in [0.1, 0.15) is 0 Å². The highest BCUT2D eigenvalue weighted by Gasteiger charge is 2.35. The highest BCUT2D eigenvalue weighted by Crippen LogP contribution is 2.20. The first kappa shape index (κ1) is 13.0. The van der Waals surface area contributed by atoms with E-state index in [0.717, 1.165) is 5.01 Å². The Hall–Kier alpha value is -2.47. The van der Waals surface area contributed by atoms with Crippen molar-refractivity contribution in [2.45, 2.75) is 0 Å². The molecular formula is C13H12N2O4. The van der Waals surface area contributed by atoms with Crippen LogP contribution in [0.1, 0.15) is 20.7 Å². The second kappa shape index (κ2) is 5.03. The number of ether oxygens (including phenoxy) is 1. The van der Waals surface area contributed by atoms with Gasteiger partial charge in [-0.15, -0.1) is 0 Å². The maximum atomic E-state index is 12.0. The molecule has 6 heteroatoms. The van der Waals surface area contributed by atoms with Gasteiger partial charge >= 0.3 is 5.97 Å². The molecular weight excluding hydrogens is 248 g/mol. The molecule has 0 bridgehead atoms. The molecule has 0 fully saturated rings. The summed E-state index contributed by atoms with van der Waals surface area (Å²) in [5.41, 5.74) is 3.37. The zero-order chi connectivity index (χ0) is 14.0. The molecule has 1 aromatic carbocycles. The summed E-state index contributed by atoms with van der Waals surface area (Å²) < 4.78 is 4.48. The number of hydrogen-bond donors (Lipinski definition) is 1. The second-order valence-electron chi connectivity index (χ2n) is 3.92. The van der Waals surface area contributed by atoms with Gasteiger partial charge in [0.15, 0.2) is 0 Å². The Balaban J connectivity index is 2.09. The Labute approximate surface area is 109 Å². The van der Waals surface area contributed by atoms with E-state index >= 15 is 0 Å². The normalized spacial score (nSPS) is 13.4. The summed E-state index contributed by atoms with van der Waals surface area (Å²) in [6, 6.07) is 6.51. The number of carbonyl (C=O) groups is 3. The van der Waals surface area contributed by atoms with E-state index in [9.17, 15) is 14.4 Å². The van der Waals surface area contributed by atoms with Crippen molar-refractivity contribution >= 4 is 17.8 Å². The zero-order valence-corrected chi connectivity index (χ0v) is 10.3. The third kappa shape index (κ3) is 2.25. The lowest BCUT2D eigenvalue weighted by molar-refractivity contribution is -0.136. The van der Waals surface area contributed by atoms with E-state index in [1.165, 1.54) is 7.11 Å². The number of nitrogens with zero attached hydrogens (tertiary/aromatic N) is 1. The Morgan fingerprint density at radius 3 is 2.26 bits per heavy atom. The van der Waals surface area contributed by atoms with Crippen LogP contribution in [0, 0.1) is 0 Å². The highest BCUT2D eigenvalue weighted by atomic mass is 16.5. The van der Waals surface area contributed by atoms with Crippen LogP contribution in [0.3, 0.4) is 0 Å². The fraction of sp³-hybridized carbons (Fsp3) is 0.154. The molecule has 1 N–H and O–H groups in total. The third-order valence-electron chi connectivity index (χ3n) is 2.72. The minimum absolute atomic E-state index is 0.0435. The summed E-state index contributed by atoms with van der Waals surface area (Å²) >= 11 is 0. The van der Waals surface area contributed by atoms with E-state index in [-0.39, 0.29) is 12.1 Å². The topological polar surface area (TPSA) is 75.7 Å². The largest absolute Gasteiger partial charge is 0.466 e. The van der Waals surface area contributed by atoms with E-state index in [1.807, 2.05) is 0 Å². The molecule has 0 unspecified atom stereocenters. The van der Waals surface area contributed by atoms with Crippen LogP contribution in [-0.4, -0.2) is 36.4 Å². The fourth-order valence-corrected chi connectivity index (χ4v) is 1.72. The van der Waals surface area contributed by atoms with E-state index in [4.69, 9.17) is 0 Å². The van der Waals surface area contributed by atoms with Crippen molar-refractivity contribution in [2.75, 3.05) is 13.7 Å². The van der Waals surface area contributed by atoms with Gasteiger partial charge in [0.25, 0.3) is 11.8 Å². The Kier molecular flexibility index (Phi) is 3.43. The van der Waals surface area contributed by atoms with Gasteiger partial charge in [0.2, 0.25) is 0 Å². The smallest absolute Gasteiger partial charge is 0.334 e. The van der Waals surface area contributed by atoms with Crippen LogP contribution >= 0.6 is 0 Å². The van der Waals surface area contributed by atoms with Gasteiger partial charge in [0, 0.05) is 12.1 Å². The minimum Gasteiger partial charge on any atom is -0.466 e. The average Bonchev–Trinajstić information content (AvgIpc) is 2.68. The summed E-state index contributed by atoms with van der Waals surface area (Å²) in [6.45, 7) is 3.46. The third-order valence-corrected chi connectivity index (χ3v) is 2.72. The molecule has 19 heavy (non-hydrogen) atoms. The molecule has 0 aromatic heterocycles. The van der Waals surface area contributed by atoms with Crippen molar-refractivity contribution in [1.29, 1.82) is 0 Å². The van der Waals surface area contributed by atoms with Crippen molar-refractivity contribution in [1.82, 2.24) is 10.4 Å². The molecule has 0 atom stereocenters. The quantitative estimate of drug-likeness (QED) is 0.485. The Morgan fingerprint density at radius 1 is 1.26 bits per heavy atom. The lowest BCUT2D eigenvalue weighted by atomic mass is 10.1. The number of rotatable bonds is 4. The van der Waals surface area contributed by atoms with Gasteiger partial charge in [0.05, 0.1) is 18.2 Å². The van der Waals surface area contributed by atoms with Crippen LogP contribution in [0.25, 0.3) is 0 Å². The number of amides is 2. The van der Waals surface area contributed by atoms with Crippen molar-refractivity contribution in [3.05, 3.63) is 47.5 Å². The molecule has 0 radical (unpaired) electrons. The molecule has 6 nitrogen and oxygen atoms in total. The molecule has 1 heterocycles. The first-order valence-corrected chi connectivity index (χ1v) is 5.53. The summed E-state index contributed by atoms with van der Waals surface area (Å²) in [4.78, 5) is 35.1. The number of hydrogen-bond acceptors (Lipinski definition) is 5. The van der Waals surface area contributed by atoms with E-state index in [0.29, 0.717) is 11.1 Å². The fourth-order valence-electron chi connectivity index (χ4n) is 1.72. The first-order valence-electron chi connectivity index (χ1n) is 5.53. The number of hydrazine groups is 1. The van der Waals surface area contributed by atoms with Gasteiger partial charge in [-0.2, -0.15) is 0 Å². The average molecular weight is 260 g/mol. The van der Waals surface area contributed by atoms with Crippen LogP contribution in [0.5, 0.6) is 0 Å². The van der Waals surface area contributed by atoms with Gasteiger partial charge in [-0.1, -0.05) is 18.7 Å².